The zero-order chi connectivity index (χ0) is 17.2. The SMILES string of the molecule is Cc1csc2ncnc(Nc3ccccc3OCCC(F)(F)F)c12. The highest BCUT2D eigenvalue weighted by Crippen LogP contribution is 2.33. The van der Waals surface area contributed by atoms with Crippen molar-refractivity contribution in [2.45, 2.75) is 19.5 Å². The minimum absolute atomic E-state index is 0.349. The Morgan fingerprint density at radius 3 is 2.79 bits per heavy atom. The van der Waals surface area contributed by atoms with E-state index in [1.165, 1.54) is 17.7 Å². The molecule has 0 bridgehead atoms. The number of rotatable bonds is 5. The molecular formula is C16H14F3N3OS. The van der Waals surface area contributed by atoms with Gasteiger partial charge in [-0.3, -0.25) is 0 Å². The summed E-state index contributed by atoms with van der Waals surface area (Å²) in [7, 11) is 0. The number of ether oxygens (including phenoxy) is 1. The number of hydrogen-bond acceptors (Lipinski definition) is 5. The van der Waals surface area contributed by atoms with Crippen molar-refractivity contribution in [1.29, 1.82) is 0 Å². The van der Waals surface area contributed by atoms with Gasteiger partial charge in [0.05, 0.1) is 24.1 Å². The number of nitrogens with one attached hydrogen (secondary N) is 1. The molecular weight excluding hydrogens is 339 g/mol. The smallest absolute Gasteiger partial charge is 0.392 e. The monoisotopic (exact) mass is 353 g/mol. The summed E-state index contributed by atoms with van der Waals surface area (Å²) in [5.74, 6) is 0.951. The van der Waals surface area contributed by atoms with Crippen LogP contribution in [0.15, 0.2) is 36.0 Å². The second-order valence-electron chi connectivity index (χ2n) is 5.16. The van der Waals surface area contributed by atoms with E-state index in [1.54, 1.807) is 24.3 Å². The van der Waals surface area contributed by atoms with Crippen molar-refractivity contribution in [3.8, 4) is 5.75 Å². The number of benzene rings is 1. The summed E-state index contributed by atoms with van der Waals surface area (Å²) in [6.45, 7) is 1.53. The van der Waals surface area contributed by atoms with Crippen LogP contribution in [0.25, 0.3) is 10.2 Å². The van der Waals surface area contributed by atoms with Crippen molar-refractivity contribution in [3.05, 3.63) is 41.5 Å². The summed E-state index contributed by atoms with van der Waals surface area (Å²) in [6, 6.07) is 6.84. The summed E-state index contributed by atoms with van der Waals surface area (Å²) in [6.07, 6.45) is -3.79. The lowest BCUT2D eigenvalue weighted by Gasteiger charge is -2.14. The summed E-state index contributed by atoms with van der Waals surface area (Å²) >= 11 is 1.51. The standard InChI is InChI=1S/C16H14F3N3OS/c1-10-8-24-15-13(10)14(20-9-21-15)22-11-4-2-3-5-12(11)23-7-6-16(17,18)19/h2-5,8-9H,6-7H2,1H3,(H,20,21,22). The molecule has 4 nitrogen and oxygen atoms in total. The molecule has 2 aromatic heterocycles. The Kier molecular flexibility index (Phi) is 4.57. The van der Waals surface area contributed by atoms with Crippen LogP contribution in [0, 0.1) is 6.92 Å². The first kappa shape index (κ1) is 16.5. The zero-order valence-corrected chi connectivity index (χ0v) is 13.5. The summed E-state index contributed by atoms with van der Waals surface area (Å²) in [4.78, 5) is 9.31. The molecule has 1 N–H and O–H groups in total. The number of alkyl halides is 3. The maximum atomic E-state index is 12.3. The fourth-order valence-corrected chi connectivity index (χ4v) is 3.10. The summed E-state index contributed by atoms with van der Waals surface area (Å²) in [5.41, 5.74) is 1.60. The Morgan fingerprint density at radius 2 is 2.00 bits per heavy atom. The lowest BCUT2D eigenvalue weighted by molar-refractivity contribution is -0.139. The molecule has 0 spiro atoms. The molecule has 0 saturated carbocycles. The third kappa shape index (κ3) is 3.76. The van der Waals surface area contributed by atoms with Gasteiger partial charge >= 0.3 is 6.18 Å². The number of hydrogen-bond donors (Lipinski definition) is 1. The Balaban J connectivity index is 1.83. The largest absolute Gasteiger partial charge is 0.491 e. The second-order valence-corrected chi connectivity index (χ2v) is 6.01. The third-order valence-electron chi connectivity index (χ3n) is 3.34. The third-order valence-corrected chi connectivity index (χ3v) is 4.34. The van der Waals surface area contributed by atoms with E-state index in [0.29, 0.717) is 17.3 Å². The van der Waals surface area contributed by atoms with Gasteiger partial charge in [0.25, 0.3) is 0 Å². The first-order valence-electron chi connectivity index (χ1n) is 7.18. The molecule has 0 aliphatic rings. The molecule has 3 rings (SSSR count). The van der Waals surface area contributed by atoms with Gasteiger partial charge in [-0.1, -0.05) is 12.1 Å². The van der Waals surface area contributed by atoms with Crippen LogP contribution >= 0.6 is 11.3 Å². The lowest BCUT2D eigenvalue weighted by atomic mass is 10.2. The average Bonchev–Trinajstić information content (AvgIpc) is 2.90. The van der Waals surface area contributed by atoms with Crippen LogP contribution in [0.3, 0.4) is 0 Å². The molecule has 3 aromatic rings. The van der Waals surface area contributed by atoms with E-state index in [9.17, 15) is 13.2 Å². The number of fused-ring (bicyclic) bond motifs is 1. The van der Waals surface area contributed by atoms with Crippen LogP contribution in [-0.2, 0) is 0 Å². The molecule has 2 heterocycles. The van der Waals surface area contributed by atoms with E-state index in [0.717, 1.165) is 15.8 Å². The predicted molar refractivity (Wildman–Crippen MR) is 88.0 cm³/mol. The van der Waals surface area contributed by atoms with E-state index >= 15 is 0 Å². The molecule has 0 aliphatic carbocycles. The van der Waals surface area contributed by atoms with E-state index in [2.05, 4.69) is 15.3 Å². The van der Waals surface area contributed by atoms with E-state index < -0.39 is 19.2 Å². The fraction of sp³-hybridized carbons (Fsp3) is 0.250. The highest BCUT2D eigenvalue weighted by molar-refractivity contribution is 7.17. The van der Waals surface area contributed by atoms with Crippen molar-refractivity contribution >= 4 is 33.1 Å². The molecule has 126 valence electrons. The molecule has 0 saturated heterocycles. The molecule has 0 unspecified atom stereocenters. The number of nitrogens with zero attached hydrogens (tertiary/aromatic N) is 2. The number of anilines is 2. The maximum Gasteiger partial charge on any atom is 0.392 e. The normalized spacial score (nSPS) is 11.7. The molecule has 0 fully saturated rings. The highest BCUT2D eigenvalue weighted by Gasteiger charge is 2.27. The highest BCUT2D eigenvalue weighted by atomic mass is 32.1. The van der Waals surface area contributed by atoms with Crippen molar-refractivity contribution in [2.24, 2.45) is 0 Å². The predicted octanol–water partition coefficient (Wildman–Crippen LogP) is 5.07. The Labute approximate surface area is 140 Å². The average molecular weight is 353 g/mol. The van der Waals surface area contributed by atoms with Crippen LogP contribution in [0.5, 0.6) is 5.75 Å². The minimum Gasteiger partial charge on any atom is -0.491 e. The number of para-hydroxylation sites is 2. The maximum absolute atomic E-state index is 12.3. The summed E-state index contributed by atoms with van der Waals surface area (Å²) in [5, 5.41) is 6.02. The van der Waals surface area contributed by atoms with E-state index in [4.69, 9.17) is 4.74 Å². The molecule has 0 atom stereocenters. The van der Waals surface area contributed by atoms with Crippen LogP contribution < -0.4 is 10.1 Å². The van der Waals surface area contributed by atoms with Crippen LogP contribution in [-0.4, -0.2) is 22.8 Å². The van der Waals surface area contributed by atoms with Crippen LogP contribution in [0.2, 0.25) is 0 Å². The molecule has 1 aromatic carbocycles. The summed E-state index contributed by atoms with van der Waals surface area (Å²) < 4.78 is 42.1. The Morgan fingerprint density at radius 1 is 1.21 bits per heavy atom. The number of thiophene rings is 1. The van der Waals surface area contributed by atoms with Gasteiger partial charge in [0.1, 0.15) is 22.7 Å². The van der Waals surface area contributed by atoms with Crippen molar-refractivity contribution in [1.82, 2.24) is 9.97 Å². The van der Waals surface area contributed by atoms with Gasteiger partial charge in [0.15, 0.2) is 0 Å². The number of aryl methyl sites for hydroxylation is 1. The first-order chi connectivity index (χ1) is 11.4. The van der Waals surface area contributed by atoms with E-state index in [-0.39, 0.29) is 0 Å². The van der Waals surface area contributed by atoms with Gasteiger partial charge in [0.2, 0.25) is 0 Å². The van der Waals surface area contributed by atoms with Crippen molar-refractivity contribution in [3.63, 3.8) is 0 Å². The lowest BCUT2D eigenvalue weighted by Crippen LogP contribution is -2.13. The van der Waals surface area contributed by atoms with Gasteiger partial charge in [-0.25, -0.2) is 9.97 Å². The Bertz CT molecular complexity index is 848. The van der Waals surface area contributed by atoms with E-state index in [1.807, 2.05) is 12.3 Å². The zero-order valence-electron chi connectivity index (χ0n) is 12.7. The fourth-order valence-electron chi connectivity index (χ4n) is 2.21. The molecule has 8 heteroatoms. The number of aromatic nitrogens is 2. The second kappa shape index (κ2) is 6.64. The van der Waals surface area contributed by atoms with Crippen molar-refractivity contribution in [2.75, 3.05) is 11.9 Å². The molecule has 0 amide bonds. The Hall–Kier alpha value is -2.35. The van der Waals surface area contributed by atoms with Gasteiger partial charge in [-0.2, -0.15) is 13.2 Å². The van der Waals surface area contributed by atoms with Gasteiger partial charge in [0, 0.05) is 0 Å². The van der Waals surface area contributed by atoms with Crippen LogP contribution in [0.4, 0.5) is 24.7 Å². The quantitative estimate of drug-likeness (QED) is 0.695. The first-order valence-corrected chi connectivity index (χ1v) is 8.06. The van der Waals surface area contributed by atoms with Crippen molar-refractivity contribution < 1.29 is 17.9 Å². The molecule has 24 heavy (non-hydrogen) atoms. The minimum atomic E-state index is -4.24. The van der Waals surface area contributed by atoms with Gasteiger partial charge in [-0.05, 0) is 30.0 Å². The van der Waals surface area contributed by atoms with Gasteiger partial charge < -0.3 is 10.1 Å². The molecule has 0 radical (unpaired) electrons. The van der Waals surface area contributed by atoms with Crippen LogP contribution in [0.1, 0.15) is 12.0 Å². The number of halogens is 3. The topological polar surface area (TPSA) is 47.0 Å². The molecule has 0 aliphatic heterocycles. The van der Waals surface area contributed by atoms with Gasteiger partial charge in [-0.15, -0.1) is 11.3 Å².